The van der Waals surface area contributed by atoms with Crippen LogP contribution in [0.1, 0.15) is 64.0 Å². The molecule has 0 aliphatic heterocycles. The molecule has 112 valence electrons. The van der Waals surface area contributed by atoms with E-state index in [4.69, 9.17) is 9.78 Å². The van der Waals surface area contributed by atoms with Crippen LogP contribution < -0.4 is 0 Å². The number of rotatable bonds is 7. The van der Waals surface area contributed by atoms with Crippen molar-refractivity contribution < 1.29 is 9.78 Å². The standard InChI is InChI=1S/C18H28O2/c1-3-15(2)18(17-12-8-5-9-13-17)20-19-14-16-10-6-4-7-11-16/h5,8-9,12-13,15-16,18H,3-4,6-7,10-11,14H2,1-2H3. The lowest BCUT2D eigenvalue weighted by Gasteiger charge is -2.25. The summed E-state index contributed by atoms with van der Waals surface area (Å²) in [7, 11) is 0. The smallest absolute Gasteiger partial charge is 0.120 e. The number of hydrogen-bond donors (Lipinski definition) is 0. The van der Waals surface area contributed by atoms with Crippen molar-refractivity contribution in [3.63, 3.8) is 0 Å². The Hall–Kier alpha value is -0.860. The summed E-state index contributed by atoms with van der Waals surface area (Å²) in [5.41, 5.74) is 1.21. The van der Waals surface area contributed by atoms with Gasteiger partial charge in [-0.1, -0.05) is 69.9 Å². The van der Waals surface area contributed by atoms with Gasteiger partial charge in [0.2, 0.25) is 0 Å². The van der Waals surface area contributed by atoms with Gasteiger partial charge in [-0.25, -0.2) is 9.78 Å². The summed E-state index contributed by atoms with van der Waals surface area (Å²) in [6, 6.07) is 10.4. The van der Waals surface area contributed by atoms with E-state index in [0.29, 0.717) is 11.8 Å². The molecule has 0 N–H and O–H groups in total. The average Bonchev–Trinajstić information content (AvgIpc) is 2.53. The Morgan fingerprint density at radius 1 is 1.10 bits per heavy atom. The highest BCUT2D eigenvalue weighted by Crippen LogP contribution is 2.29. The van der Waals surface area contributed by atoms with E-state index in [1.165, 1.54) is 37.7 Å². The molecule has 0 amide bonds. The molecule has 2 heteroatoms. The molecule has 2 atom stereocenters. The molecular weight excluding hydrogens is 248 g/mol. The van der Waals surface area contributed by atoms with Gasteiger partial charge in [0.15, 0.2) is 0 Å². The summed E-state index contributed by atoms with van der Waals surface area (Å²) < 4.78 is 0. The predicted octanol–water partition coefficient (Wildman–Crippen LogP) is 5.30. The van der Waals surface area contributed by atoms with Crippen LogP contribution in [-0.2, 0) is 9.78 Å². The third-order valence-electron chi connectivity index (χ3n) is 4.49. The molecule has 0 bridgehead atoms. The molecule has 1 fully saturated rings. The highest BCUT2D eigenvalue weighted by Gasteiger charge is 2.21. The van der Waals surface area contributed by atoms with E-state index < -0.39 is 0 Å². The first-order valence-electron chi connectivity index (χ1n) is 8.14. The Bertz CT molecular complexity index is 357. The lowest BCUT2D eigenvalue weighted by molar-refractivity contribution is -0.342. The highest BCUT2D eigenvalue weighted by molar-refractivity contribution is 5.17. The average molecular weight is 276 g/mol. The molecule has 0 spiro atoms. The third-order valence-corrected chi connectivity index (χ3v) is 4.49. The van der Waals surface area contributed by atoms with Crippen LogP contribution in [0.25, 0.3) is 0 Å². The minimum absolute atomic E-state index is 0.0461. The topological polar surface area (TPSA) is 18.5 Å². The fourth-order valence-corrected chi connectivity index (χ4v) is 2.90. The molecule has 0 saturated heterocycles. The minimum Gasteiger partial charge on any atom is -0.236 e. The van der Waals surface area contributed by atoms with Crippen LogP contribution in [0, 0.1) is 11.8 Å². The zero-order chi connectivity index (χ0) is 14.2. The summed E-state index contributed by atoms with van der Waals surface area (Å²) in [4.78, 5) is 11.4. The van der Waals surface area contributed by atoms with Gasteiger partial charge in [-0.15, -0.1) is 0 Å². The summed E-state index contributed by atoms with van der Waals surface area (Å²) in [5.74, 6) is 1.15. The normalized spacial score (nSPS) is 19.7. The largest absolute Gasteiger partial charge is 0.236 e. The van der Waals surface area contributed by atoms with Crippen molar-refractivity contribution in [3.05, 3.63) is 35.9 Å². The Balaban J connectivity index is 1.85. The maximum Gasteiger partial charge on any atom is 0.120 e. The quantitative estimate of drug-likeness (QED) is 0.497. The second kappa shape index (κ2) is 8.43. The van der Waals surface area contributed by atoms with Crippen molar-refractivity contribution >= 4 is 0 Å². The molecule has 2 unspecified atom stereocenters. The molecule has 1 saturated carbocycles. The van der Waals surface area contributed by atoms with E-state index in [9.17, 15) is 0 Å². The lowest BCUT2D eigenvalue weighted by Crippen LogP contribution is -2.18. The van der Waals surface area contributed by atoms with E-state index >= 15 is 0 Å². The molecule has 0 heterocycles. The van der Waals surface area contributed by atoms with Crippen LogP contribution in [0.2, 0.25) is 0 Å². The molecule has 1 aliphatic carbocycles. The predicted molar refractivity (Wildman–Crippen MR) is 82.3 cm³/mol. The SMILES string of the molecule is CCC(C)C(OOCC1CCCCC1)c1ccccc1. The molecular formula is C18H28O2. The van der Waals surface area contributed by atoms with Gasteiger partial charge >= 0.3 is 0 Å². The third kappa shape index (κ3) is 4.60. The number of benzene rings is 1. The van der Waals surface area contributed by atoms with Crippen molar-refractivity contribution in [1.29, 1.82) is 0 Å². The second-order valence-electron chi connectivity index (χ2n) is 6.10. The first-order valence-corrected chi connectivity index (χ1v) is 8.14. The van der Waals surface area contributed by atoms with Crippen molar-refractivity contribution in [2.45, 2.75) is 58.5 Å². The van der Waals surface area contributed by atoms with Crippen molar-refractivity contribution in [3.8, 4) is 0 Å². The van der Waals surface area contributed by atoms with Crippen molar-refractivity contribution in [2.75, 3.05) is 6.61 Å². The Kier molecular flexibility index (Phi) is 6.55. The van der Waals surface area contributed by atoms with Crippen LogP contribution in [-0.4, -0.2) is 6.61 Å². The second-order valence-corrected chi connectivity index (χ2v) is 6.10. The maximum absolute atomic E-state index is 5.78. The molecule has 0 radical (unpaired) electrons. The fourth-order valence-electron chi connectivity index (χ4n) is 2.90. The van der Waals surface area contributed by atoms with E-state index in [-0.39, 0.29) is 6.10 Å². The van der Waals surface area contributed by atoms with Gasteiger partial charge in [-0.3, -0.25) is 0 Å². The van der Waals surface area contributed by atoms with Crippen LogP contribution in [0.3, 0.4) is 0 Å². The zero-order valence-electron chi connectivity index (χ0n) is 12.9. The monoisotopic (exact) mass is 276 g/mol. The van der Waals surface area contributed by atoms with E-state index in [0.717, 1.165) is 13.0 Å². The van der Waals surface area contributed by atoms with Crippen LogP contribution in [0.5, 0.6) is 0 Å². The Labute approximate surface area is 123 Å². The van der Waals surface area contributed by atoms with Gasteiger partial charge in [0, 0.05) is 0 Å². The number of hydrogen-bond acceptors (Lipinski definition) is 2. The van der Waals surface area contributed by atoms with Gasteiger partial charge in [-0.2, -0.15) is 0 Å². The molecule has 1 aromatic rings. The molecule has 0 aromatic heterocycles. The van der Waals surface area contributed by atoms with Crippen molar-refractivity contribution in [1.82, 2.24) is 0 Å². The van der Waals surface area contributed by atoms with Crippen LogP contribution in [0.15, 0.2) is 30.3 Å². The summed E-state index contributed by atoms with van der Waals surface area (Å²) in [5, 5.41) is 0. The van der Waals surface area contributed by atoms with E-state index in [1.807, 2.05) is 6.07 Å². The first-order chi connectivity index (χ1) is 9.81. The van der Waals surface area contributed by atoms with E-state index in [2.05, 4.69) is 38.1 Å². The summed E-state index contributed by atoms with van der Waals surface area (Å²) >= 11 is 0. The zero-order valence-corrected chi connectivity index (χ0v) is 12.9. The Morgan fingerprint density at radius 2 is 1.80 bits per heavy atom. The van der Waals surface area contributed by atoms with Crippen LogP contribution in [0.4, 0.5) is 0 Å². The van der Waals surface area contributed by atoms with Gasteiger partial charge in [-0.05, 0) is 30.2 Å². The first kappa shape index (κ1) is 15.5. The Morgan fingerprint density at radius 3 is 2.45 bits per heavy atom. The summed E-state index contributed by atoms with van der Waals surface area (Å²) in [6.07, 6.45) is 7.81. The van der Waals surface area contributed by atoms with Gasteiger partial charge in [0.05, 0.1) is 6.61 Å². The van der Waals surface area contributed by atoms with E-state index in [1.54, 1.807) is 0 Å². The molecule has 1 aromatic carbocycles. The summed E-state index contributed by atoms with van der Waals surface area (Å²) in [6.45, 7) is 5.17. The van der Waals surface area contributed by atoms with Gasteiger partial charge in [0.1, 0.15) is 6.10 Å². The molecule has 1 aliphatic rings. The molecule has 2 nitrogen and oxygen atoms in total. The molecule has 20 heavy (non-hydrogen) atoms. The highest BCUT2D eigenvalue weighted by atomic mass is 17.2. The molecule has 2 rings (SSSR count). The van der Waals surface area contributed by atoms with Crippen molar-refractivity contribution in [2.24, 2.45) is 11.8 Å². The maximum atomic E-state index is 5.78. The minimum atomic E-state index is 0.0461. The van der Waals surface area contributed by atoms with Crippen LogP contribution >= 0.6 is 0 Å². The van der Waals surface area contributed by atoms with Gasteiger partial charge < -0.3 is 0 Å². The lowest BCUT2D eigenvalue weighted by atomic mass is 9.90. The van der Waals surface area contributed by atoms with Gasteiger partial charge in [0.25, 0.3) is 0 Å². The fraction of sp³-hybridized carbons (Fsp3) is 0.667.